The van der Waals surface area contributed by atoms with E-state index in [0.717, 1.165) is 0 Å². The van der Waals surface area contributed by atoms with Crippen LogP contribution in [0, 0.1) is 5.92 Å². The average Bonchev–Trinajstić information content (AvgIpc) is 2.79. The first-order chi connectivity index (χ1) is 9.50. The quantitative estimate of drug-likeness (QED) is 0.861. The predicted octanol–water partition coefficient (Wildman–Crippen LogP) is 1.09. The summed E-state index contributed by atoms with van der Waals surface area (Å²) in [6.45, 7) is 1.95. The molecule has 1 heterocycles. The van der Waals surface area contributed by atoms with E-state index in [4.69, 9.17) is 9.84 Å². The molecule has 6 nitrogen and oxygen atoms in total. The lowest BCUT2D eigenvalue weighted by Gasteiger charge is -2.23. The third-order valence-corrected chi connectivity index (χ3v) is 3.49. The summed E-state index contributed by atoms with van der Waals surface area (Å²) in [6, 6.07) is 5.53. The first kappa shape index (κ1) is 14.2. The zero-order chi connectivity index (χ0) is 14.7. The number of carboxylic acids is 1. The third-order valence-electron chi connectivity index (χ3n) is 3.49. The second kappa shape index (κ2) is 5.81. The molecule has 6 heteroatoms. The van der Waals surface area contributed by atoms with Gasteiger partial charge in [0.25, 0.3) is 5.91 Å². The lowest BCUT2D eigenvalue weighted by atomic mass is 10.0. The fourth-order valence-electron chi connectivity index (χ4n) is 2.41. The number of carbonyl (C=O) groups is 2. The van der Waals surface area contributed by atoms with Crippen LogP contribution in [0.4, 0.5) is 0 Å². The van der Waals surface area contributed by atoms with Gasteiger partial charge >= 0.3 is 5.97 Å². The highest BCUT2D eigenvalue weighted by Crippen LogP contribution is 2.26. The number of aromatic hydroxyl groups is 1. The number of phenols is 1. The number of rotatable bonds is 4. The zero-order valence-corrected chi connectivity index (χ0v) is 11.2. The number of hydrogen-bond donors (Lipinski definition) is 2. The van der Waals surface area contributed by atoms with Crippen LogP contribution in [0.15, 0.2) is 24.3 Å². The molecule has 2 unspecified atom stereocenters. The number of amides is 1. The van der Waals surface area contributed by atoms with Crippen LogP contribution in [0.3, 0.4) is 0 Å². The maximum Gasteiger partial charge on any atom is 0.326 e. The van der Waals surface area contributed by atoms with E-state index in [-0.39, 0.29) is 29.9 Å². The van der Waals surface area contributed by atoms with Crippen LogP contribution in [0.1, 0.15) is 13.3 Å². The molecule has 20 heavy (non-hydrogen) atoms. The van der Waals surface area contributed by atoms with E-state index in [1.54, 1.807) is 18.2 Å². The first-order valence-electron chi connectivity index (χ1n) is 6.43. The molecule has 0 bridgehead atoms. The third kappa shape index (κ3) is 2.84. The van der Waals surface area contributed by atoms with Gasteiger partial charge in [-0.3, -0.25) is 4.79 Å². The molecule has 2 rings (SSSR count). The van der Waals surface area contributed by atoms with Crippen LogP contribution >= 0.6 is 0 Å². The molecule has 0 spiro atoms. The minimum absolute atomic E-state index is 0.0510. The number of para-hydroxylation sites is 2. The van der Waals surface area contributed by atoms with Gasteiger partial charge in [0.1, 0.15) is 6.04 Å². The SMILES string of the molecule is CC1CCN(C(=O)COc2ccccc2O)C1C(=O)O. The van der Waals surface area contributed by atoms with E-state index in [9.17, 15) is 14.7 Å². The summed E-state index contributed by atoms with van der Waals surface area (Å²) in [5.41, 5.74) is 0. The van der Waals surface area contributed by atoms with Gasteiger partial charge in [-0.1, -0.05) is 19.1 Å². The summed E-state index contributed by atoms with van der Waals surface area (Å²) in [7, 11) is 0. The van der Waals surface area contributed by atoms with Crippen molar-refractivity contribution in [2.24, 2.45) is 5.92 Å². The molecule has 0 saturated carbocycles. The summed E-state index contributed by atoms with van der Waals surface area (Å²) in [6.07, 6.45) is 0.666. The van der Waals surface area contributed by atoms with E-state index in [2.05, 4.69) is 0 Å². The Bertz CT molecular complexity index is 516. The van der Waals surface area contributed by atoms with Crippen molar-refractivity contribution in [1.29, 1.82) is 0 Å². The summed E-state index contributed by atoms with van der Waals surface area (Å²) >= 11 is 0. The lowest BCUT2D eigenvalue weighted by molar-refractivity contribution is -0.150. The smallest absolute Gasteiger partial charge is 0.326 e. The minimum atomic E-state index is -0.995. The van der Waals surface area contributed by atoms with Gasteiger partial charge in [-0.15, -0.1) is 0 Å². The second-order valence-corrected chi connectivity index (χ2v) is 4.89. The van der Waals surface area contributed by atoms with E-state index in [1.807, 2.05) is 6.92 Å². The molecule has 0 aromatic heterocycles. The Morgan fingerprint density at radius 3 is 2.75 bits per heavy atom. The normalized spacial score (nSPS) is 21.8. The lowest BCUT2D eigenvalue weighted by Crippen LogP contribution is -2.44. The van der Waals surface area contributed by atoms with Crippen molar-refractivity contribution in [1.82, 2.24) is 4.90 Å². The Morgan fingerprint density at radius 2 is 2.10 bits per heavy atom. The molecule has 1 saturated heterocycles. The van der Waals surface area contributed by atoms with Crippen LogP contribution < -0.4 is 4.74 Å². The van der Waals surface area contributed by atoms with Crippen molar-refractivity contribution in [2.75, 3.05) is 13.2 Å². The molecule has 0 aliphatic carbocycles. The Balaban J connectivity index is 1.99. The number of benzene rings is 1. The molecule has 2 atom stereocenters. The molecule has 1 aromatic rings. The van der Waals surface area contributed by atoms with Gasteiger partial charge in [-0.05, 0) is 24.5 Å². The van der Waals surface area contributed by atoms with Crippen LogP contribution in [0.5, 0.6) is 11.5 Å². The Hall–Kier alpha value is -2.24. The van der Waals surface area contributed by atoms with Crippen molar-refractivity contribution in [3.8, 4) is 11.5 Å². The number of aliphatic carboxylic acids is 1. The summed E-state index contributed by atoms with van der Waals surface area (Å²) in [4.78, 5) is 24.6. The van der Waals surface area contributed by atoms with E-state index >= 15 is 0 Å². The van der Waals surface area contributed by atoms with Gasteiger partial charge in [0, 0.05) is 6.54 Å². The number of hydrogen-bond acceptors (Lipinski definition) is 4. The molecular weight excluding hydrogens is 262 g/mol. The Labute approximate surface area is 116 Å². The maximum absolute atomic E-state index is 12.0. The average molecular weight is 279 g/mol. The van der Waals surface area contributed by atoms with Crippen LogP contribution in [0.2, 0.25) is 0 Å². The second-order valence-electron chi connectivity index (χ2n) is 4.89. The van der Waals surface area contributed by atoms with Gasteiger partial charge in [-0.2, -0.15) is 0 Å². The van der Waals surface area contributed by atoms with Crippen molar-refractivity contribution in [3.05, 3.63) is 24.3 Å². The number of carbonyl (C=O) groups excluding carboxylic acids is 1. The summed E-state index contributed by atoms with van der Waals surface area (Å²) in [5, 5.41) is 18.7. The zero-order valence-electron chi connectivity index (χ0n) is 11.2. The van der Waals surface area contributed by atoms with E-state index in [1.165, 1.54) is 11.0 Å². The van der Waals surface area contributed by atoms with Gasteiger partial charge in [0.15, 0.2) is 18.1 Å². The van der Waals surface area contributed by atoms with Crippen LogP contribution in [-0.4, -0.2) is 46.2 Å². The molecule has 1 amide bonds. The fraction of sp³-hybridized carbons (Fsp3) is 0.429. The van der Waals surface area contributed by atoms with Crippen molar-refractivity contribution in [2.45, 2.75) is 19.4 Å². The number of ether oxygens (including phenoxy) is 1. The molecule has 108 valence electrons. The number of likely N-dealkylation sites (tertiary alicyclic amines) is 1. The highest BCUT2D eigenvalue weighted by Gasteiger charge is 2.39. The highest BCUT2D eigenvalue weighted by molar-refractivity contribution is 5.85. The molecular formula is C14H17NO5. The van der Waals surface area contributed by atoms with Crippen molar-refractivity contribution >= 4 is 11.9 Å². The van der Waals surface area contributed by atoms with Gasteiger partial charge in [0.2, 0.25) is 0 Å². The maximum atomic E-state index is 12.0. The molecule has 1 aliphatic rings. The van der Waals surface area contributed by atoms with E-state index in [0.29, 0.717) is 13.0 Å². The molecule has 1 fully saturated rings. The topological polar surface area (TPSA) is 87.1 Å². The number of carboxylic acid groups (broad SMARTS) is 1. The van der Waals surface area contributed by atoms with Gasteiger partial charge < -0.3 is 19.8 Å². The van der Waals surface area contributed by atoms with E-state index < -0.39 is 12.0 Å². The molecule has 1 aliphatic heterocycles. The van der Waals surface area contributed by atoms with Crippen molar-refractivity contribution < 1.29 is 24.5 Å². The molecule has 0 radical (unpaired) electrons. The Morgan fingerprint density at radius 1 is 1.40 bits per heavy atom. The minimum Gasteiger partial charge on any atom is -0.504 e. The monoisotopic (exact) mass is 279 g/mol. The van der Waals surface area contributed by atoms with Gasteiger partial charge in [-0.25, -0.2) is 4.79 Å². The molecule has 1 aromatic carbocycles. The summed E-state index contributed by atoms with van der Waals surface area (Å²) in [5.74, 6) is -1.29. The number of phenolic OH excluding ortho intramolecular Hbond substituents is 1. The largest absolute Gasteiger partial charge is 0.504 e. The highest BCUT2D eigenvalue weighted by atomic mass is 16.5. The number of nitrogens with zero attached hydrogens (tertiary/aromatic N) is 1. The predicted molar refractivity (Wildman–Crippen MR) is 70.5 cm³/mol. The fourth-order valence-corrected chi connectivity index (χ4v) is 2.41. The van der Waals surface area contributed by atoms with Crippen LogP contribution in [-0.2, 0) is 9.59 Å². The Kier molecular flexibility index (Phi) is 4.12. The van der Waals surface area contributed by atoms with Gasteiger partial charge in [0.05, 0.1) is 0 Å². The first-order valence-corrected chi connectivity index (χ1v) is 6.43. The standard InChI is InChI=1S/C14H17NO5/c1-9-6-7-15(13(9)14(18)19)12(17)8-20-11-5-3-2-4-10(11)16/h2-5,9,13,16H,6-8H2,1H3,(H,18,19). The van der Waals surface area contributed by atoms with Crippen molar-refractivity contribution in [3.63, 3.8) is 0 Å². The summed E-state index contributed by atoms with van der Waals surface area (Å²) < 4.78 is 5.24. The molecule has 2 N–H and O–H groups in total. The van der Waals surface area contributed by atoms with Crippen LogP contribution in [0.25, 0.3) is 0 Å².